The Kier molecular flexibility index (Phi) is 3.78. The van der Waals surface area contributed by atoms with Crippen molar-refractivity contribution in [3.63, 3.8) is 0 Å². The summed E-state index contributed by atoms with van der Waals surface area (Å²) < 4.78 is 39.6. The Bertz CT molecular complexity index is 712. The second-order valence-corrected chi connectivity index (χ2v) is 7.33. The molecule has 1 heterocycles. The molecule has 1 unspecified atom stereocenters. The molecule has 0 aliphatic carbocycles. The first-order chi connectivity index (χ1) is 8.82. The van der Waals surface area contributed by atoms with E-state index in [-0.39, 0.29) is 9.37 Å². The van der Waals surface area contributed by atoms with Gasteiger partial charge in [0.15, 0.2) is 9.84 Å². The summed E-state index contributed by atoms with van der Waals surface area (Å²) in [4.78, 5) is 0.156. The predicted octanol–water partition coefficient (Wildman–Crippen LogP) is 2.86. The van der Waals surface area contributed by atoms with E-state index in [4.69, 9.17) is 0 Å². The number of hydrogen-bond acceptors (Lipinski definition) is 3. The molecule has 102 valence electrons. The third-order valence-electron chi connectivity index (χ3n) is 2.89. The van der Waals surface area contributed by atoms with Gasteiger partial charge in [-0.2, -0.15) is 5.10 Å². The molecule has 1 aromatic carbocycles. The Morgan fingerprint density at radius 1 is 1.42 bits per heavy atom. The molecule has 0 saturated carbocycles. The van der Waals surface area contributed by atoms with Crippen LogP contribution in [0.3, 0.4) is 0 Å². The van der Waals surface area contributed by atoms with E-state index in [0.29, 0.717) is 5.56 Å². The molecule has 0 N–H and O–H groups in total. The SMILES string of the molecule is CC(c1ccc(F)c(Br)c1)S(=O)(=O)c1cnn(C)c1. The van der Waals surface area contributed by atoms with Gasteiger partial charge in [-0.15, -0.1) is 0 Å². The zero-order valence-electron chi connectivity index (χ0n) is 10.3. The van der Waals surface area contributed by atoms with Crippen LogP contribution in [0.1, 0.15) is 17.7 Å². The molecule has 19 heavy (non-hydrogen) atoms. The average molecular weight is 347 g/mol. The van der Waals surface area contributed by atoms with Crippen LogP contribution in [0, 0.1) is 5.82 Å². The molecule has 2 aromatic rings. The molecule has 1 atom stereocenters. The van der Waals surface area contributed by atoms with Gasteiger partial charge in [-0.25, -0.2) is 12.8 Å². The first-order valence-electron chi connectivity index (χ1n) is 5.50. The summed E-state index contributed by atoms with van der Waals surface area (Å²) in [6.07, 6.45) is 2.76. The Labute approximate surface area is 119 Å². The number of rotatable bonds is 3. The number of hydrogen-bond donors (Lipinski definition) is 0. The lowest BCUT2D eigenvalue weighted by Gasteiger charge is -2.12. The number of nitrogens with zero attached hydrogens (tertiary/aromatic N) is 2. The Hall–Kier alpha value is -1.21. The van der Waals surface area contributed by atoms with E-state index in [1.54, 1.807) is 14.0 Å². The highest BCUT2D eigenvalue weighted by molar-refractivity contribution is 9.10. The maximum absolute atomic E-state index is 13.2. The van der Waals surface area contributed by atoms with Crippen molar-refractivity contribution in [3.8, 4) is 0 Å². The quantitative estimate of drug-likeness (QED) is 0.858. The van der Waals surface area contributed by atoms with Crippen molar-refractivity contribution in [1.29, 1.82) is 0 Å². The topological polar surface area (TPSA) is 52.0 Å². The fraction of sp³-hybridized carbons (Fsp3) is 0.250. The van der Waals surface area contributed by atoms with Gasteiger partial charge in [-0.05, 0) is 40.5 Å². The van der Waals surface area contributed by atoms with Crippen molar-refractivity contribution in [1.82, 2.24) is 9.78 Å². The van der Waals surface area contributed by atoms with Gasteiger partial charge in [0.25, 0.3) is 0 Å². The Balaban J connectivity index is 2.43. The third-order valence-corrected chi connectivity index (χ3v) is 5.57. The van der Waals surface area contributed by atoms with Crippen molar-refractivity contribution >= 4 is 25.8 Å². The number of halogens is 2. The van der Waals surface area contributed by atoms with Crippen LogP contribution in [-0.4, -0.2) is 18.2 Å². The first kappa shape index (κ1) is 14.2. The van der Waals surface area contributed by atoms with Crippen LogP contribution in [0.4, 0.5) is 4.39 Å². The Morgan fingerprint density at radius 3 is 2.63 bits per heavy atom. The molecular formula is C12H12BrFN2O2S. The lowest BCUT2D eigenvalue weighted by Crippen LogP contribution is -2.10. The van der Waals surface area contributed by atoms with Gasteiger partial charge >= 0.3 is 0 Å². The van der Waals surface area contributed by atoms with E-state index in [9.17, 15) is 12.8 Å². The van der Waals surface area contributed by atoms with Crippen LogP contribution in [0.15, 0.2) is 40.0 Å². The lowest BCUT2D eigenvalue weighted by atomic mass is 10.2. The summed E-state index contributed by atoms with van der Waals surface area (Å²) in [5.41, 5.74) is 0.525. The fourth-order valence-corrected chi connectivity index (χ4v) is 3.50. The van der Waals surface area contributed by atoms with Crippen molar-refractivity contribution in [2.45, 2.75) is 17.1 Å². The van der Waals surface area contributed by atoms with Gasteiger partial charge in [0.2, 0.25) is 0 Å². The summed E-state index contributed by atoms with van der Waals surface area (Å²) in [7, 11) is -1.88. The average Bonchev–Trinajstić information content (AvgIpc) is 2.79. The van der Waals surface area contributed by atoms with Crippen molar-refractivity contribution in [2.75, 3.05) is 0 Å². The van der Waals surface area contributed by atoms with Crippen LogP contribution in [0.5, 0.6) is 0 Å². The molecule has 0 fully saturated rings. The minimum atomic E-state index is -3.53. The summed E-state index contributed by atoms with van der Waals surface area (Å²) in [5.74, 6) is -0.422. The zero-order chi connectivity index (χ0) is 14.2. The number of aryl methyl sites for hydroxylation is 1. The Morgan fingerprint density at radius 2 is 2.11 bits per heavy atom. The van der Waals surface area contributed by atoms with Gasteiger partial charge in [-0.3, -0.25) is 4.68 Å². The predicted molar refractivity (Wildman–Crippen MR) is 72.9 cm³/mol. The molecule has 4 nitrogen and oxygen atoms in total. The molecule has 1 aromatic heterocycles. The molecule has 0 saturated heterocycles. The smallest absolute Gasteiger partial charge is 0.188 e. The molecule has 0 radical (unpaired) electrons. The van der Waals surface area contributed by atoms with Crippen LogP contribution >= 0.6 is 15.9 Å². The van der Waals surface area contributed by atoms with Crippen LogP contribution in [-0.2, 0) is 16.9 Å². The molecule has 0 bridgehead atoms. The monoisotopic (exact) mass is 346 g/mol. The lowest BCUT2D eigenvalue weighted by molar-refractivity contribution is 0.585. The summed E-state index contributed by atoms with van der Waals surface area (Å²) in [6, 6.07) is 4.20. The third kappa shape index (κ3) is 2.71. The highest BCUT2D eigenvalue weighted by Gasteiger charge is 2.26. The van der Waals surface area contributed by atoms with Crippen molar-refractivity contribution < 1.29 is 12.8 Å². The van der Waals surface area contributed by atoms with E-state index in [1.807, 2.05) is 0 Å². The summed E-state index contributed by atoms with van der Waals surface area (Å²) >= 11 is 3.06. The molecule has 7 heteroatoms. The van der Waals surface area contributed by atoms with Crippen LogP contribution in [0.2, 0.25) is 0 Å². The first-order valence-corrected chi connectivity index (χ1v) is 7.84. The maximum Gasteiger partial charge on any atom is 0.188 e. The molecule has 0 spiro atoms. The molecule has 2 rings (SSSR count). The van der Waals surface area contributed by atoms with Crippen LogP contribution < -0.4 is 0 Å². The van der Waals surface area contributed by atoms with Gasteiger partial charge in [0.1, 0.15) is 10.7 Å². The molecule has 0 aliphatic rings. The second-order valence-electron chi connectivity index (χ2n) is 4.21. The minimum absolute atomic E-state index is 0.156. The van der Waals surface area contributed by atoms with Gasteiger partial charge in [0, 0.05) is 13.2 Å². The van der Waals surface area contributed by atoms with Crippen molar-refractivity contribution in [3.05, 3.63) is 46.4 Å². The fourth-order valence-electron chi connectivity index (χ4n) is 1.69. The summed E-state index contributed by atoms with van der Waals surface area (Å²) in [6.45, 7) is 1.57. The van der Waals surface area contributed by atoms with Gasteiger partial charge in [0.05, 0.1) is 15.9 Å². The normalized spacial score (nSPS) is 13.5. The highest BCUT2D eigenvalue weighted by Crippen LogP contribution is 2.30. The zero-order valence-corrected chi connectivity index (χ0v) is 12.7. The van der Waals surface area contributed by atoms with E-state index >= 15 is 0 Å². The summed E-state index contributed by atoms with van der Waals surface area (Å²) in [5, 5.41) is 3.09. The number of aromatic nitrogens is 2. The van der Waals surface area contributed by atoms with Crippen LogP contribution in [0.25, 0.3) is 0 Å². The molecule has 0 amide bonds. The maximum atomic E-state index is 13.2. The van der Waals surface area contributed by atoms with Gasteiger partial charge < -0.3 is 0 Å². The van der Waals surface area contributed by atoms with E-state index in [2.05, 4.69) is 21.0 Å². The van der Waals surface area contributed by atoms with Gasteiger partial charge in [-0.1, -0.05) is 6.07 Å². The second kappa shape index (κ2) is 5.05. The largest absolute Gasteiger partial charge is 0.274 e. The van der Waals surface area contributed by atoms with E-state index in [1.165, 1.54) is 35.3 Å². The molecule has 0 aliphatic heterocycles. The van der Waals surface area contributed by atoms with Crippen molar-refractivity contribution in [2.24, 2.45) is 7.05 Å². The molecular weight excluding hydrogens is 335 g/mol. The van der Waals surface area contributed by atoms with E-state index in [0.717, 1.165) is 0 Å². The highest BCUT2D eigenvalue weighted by atomic mass is 79.9. The standard InChI is InChI=1S/C12H12BrFN2O2S/c1-8(9-3-4-12(14)11(13)5-9)19(17,18)10-6-15-16(2)7-10/h3-8H,1-2H3. The van der Waals surface area contributed by atoms with E-state index < -0.39 is 20.9 Å². The number of benzene rings is 1. The number of sulfone groups is 1. The minimum Gasteiger partial charge on any atom is -0.274 e.